The third-order valence-electron chi connectivity index (χ3n) is 4.80. The number of fused-ring (bicyclic) bond motifs is 3. The molecule has 2 aliphatic carbocycles. The molecule has 2 aromatic rings. The summed E-state index contributed by atoms with van der Waals surface area (Å²) in [6.45, 7) is 4.45. The molecule has 0 unspecified atom stereocenters. The molecule has 0 amide bonds. The van der Waals surface area contributed by atoms with Crippen LogP contribution >= 0.6 is 0 Å². The molecule has 0 fully saturated rings. The normalized spacial score (nSPS) is 15.3. The Labute approximate surface area is 134 Å². The molecule has 0 atom stereocenters. The van der Waals surface area contributed by atoms with Crippen LogP contribution in [-0.2, 0) is 12.8 Å². The first-order chi connectivity index (χ1) is 10.8. The summed E-state index contributed by atoms with van der Waals surface area (Å²) in [5.74, 6) is 0. The van der Waals surface area contributed by atoms with Crippen LogP contribution in [0.2, 0.25) is 0 Å². The van der Waals surface area contributed by atoms with Crippen LogP contribution in [-0.4, -0.2) is 0 Å². The van der Waals surface area contributed by atoms with Gasteiger partial charge in [0.15, 0.2) is 0 Å². The molecule has 0 radical (unpaired) electrons. The van der Waals surface area contributed by atoms with Gasteiger partial charge in [0.25, 0.3) is 0 Å². The minimum absolute atomic E-state index is 1.11. The van der Waals surface area contributed by atoms with Crippen LogP contribution in [0.15, 0.2) is 54.1 Å². The number of hydrogen-bond acceptors (Lipinski definition) is 0. The molecule has 0 heteroatoms. The monoisotopic (exact) mass is 290 g/mol. The molecule has 22 heavy (non-hydrogen) atoms. The van der Waals surface area contributed by atoms with E-state index >= 15 is 0 Å². The second-order valence-corrected chi connectivity index (χ2v) is 6.43. The summed E-state index contributed by atoms with van der Waals surface area (Å²) >= 11 is 0. The van der Waals surface area contributed by atoms with E-state index in [9.17, 15) is 0 Å². The van der Waals surface area contributed by atoms with Crippen LogP contribution in [0.3, 0.4) is 0 Å². The fourth-order valence-electron chi connectivity index (χ4n) is 3.56. The van der Waals surface area contributed by atoms with Crippen LogP contribution in [0, 0.1) is 0 Å². The molecular formula is C22H26. The van der Waals surface area contributed by atoms with Crippen molar-refractivity contribution in [2.24, 2.45) is 0 Å². The second kappa shape index (κ2) is 6.96. The van der Waals surface area contributed by atoms with E-state index in [-0.39, 0.29) is 0 Å². The zero-order chi connectivity index (χ0) is 15.4. The van der Waals surface area contributed by atoms with Crippen LogP contribution in [0.25, 0.3) is 11.1 Å². The molecule has 0 aromatic heterocycles. The van der Waals surface area contributed by atoms with Crippen molar-refractivity contribution < 1.29 is 0 Å². The van der Waals surface area contributed by atoms with E-state index < -0.39 is 0 Å². The van der Waals surface area contributed by atoms with Crippen LogP contribution in [0.5, 0.6) is 0 Å². The lowest BCUT2D eigenvalue weighted by Gasteiger charge is -2.06. The van der Waals surface area contributed by atoms with Crippen molar-refractivity contribution in [3.63, 3.8) is 0 Å². The van der Waals surface area contributed by atoms with Crippen molar-refractivity contribution in [1.29, 1.82) is 0 Å². The quantitative estimate of drug-likeness (QED) is 0.459. The fraction of sp³-hybridized carbons (Fsp3) is 0.364. The van der Waals surface area contributed by atoms with Gasteiger partial charge >= 0.3 is 0 Å². The lowest BCUT2D eigenvalue weighted by atomic mass is 9.98. The van der Waals surface area contributed by atoms with Gasteiger partial charge in [0.1, 0.15) is 0 Å². The van der Waals surface area contributed by atoms with E-state index in [1.165, 1.54) is 53.5 Å². The first-order valence-electron chi connectivity index (χ1n) is 8.64. The van der Waals surface area contributed by atoms with E-state index in [4.69, 9.17) is 0 Å². The predicted molar refractivity (Wildman–Crippen MR) is 96.3 cm³/mol. The Morgan fingerprint density at radius 2 is 1.73 bits per heavy atom. The topological polar surface area (TPSA) is 0 Å². The maximum absolute atomic E-state index is 2.35. The van der Waals surface area contributed by atoms with Crippen molar-refractivity contribution in [3.05, 3.63) is 70.8 Å². The third-order valence-corrected chi connectivity index (χ3v) is 4.80. The molecule has 0 nitrogen and oxygen atoms in total. The average Bonchev–Trinajstić information content (AvgIpc) is 2.95. The van der Waals surface area contributed by atoms with Gasteiger partial charge in [0, 0.05) is 0 Å². The molecule has 114 valence electrons. The van der Waals surface area contributed by atoms with Crippen LogP contribution < -0.4 is 0 Å². The van der Waals surface area contributed by atoms with E-state index in [0.29, 0.717) is 0 Å². The zero-order valence-electron chi connectivity index (χ0n) is 13.9. The van der Waals surface area contributed by atoms with Gasteiger partial charge in [-0.2, -0.15) is 0 Å². The van der Waals surface area contributed by atoms with Gasteiger partial charge in [0.2, 0.25) is 0 Å². The number of benzene rings is 2. The first-order valence-corrected chi connectivity index (χ1v) is 8.64. The van der Waals surface area contributed by atoms with Gasteiger partial charge in [-0.1, -0.05) is 61.0 Å². The largest absolute Gasteiger partial charge is 0.0856 e. The molecule has 4 rings (SSSR count). The maximum atomic E-state index is 2.35. The van der Waals surface area contributed by atoms with Crippen molar-refractivity contribution in [3.8, 4) is 11.1 Å². The lowest BCUT2D eigenvalue weighted by Crippen LogP contribution is -1.87. The first kappa shape index (κ1) is 15.1. The molecule has 2 aromatic carbocycles. The Balaban J connectivity index is 0.000000174. The van der Waals surface area contributed by atoms with E-state index in [1.54, 1.807) is 5.57 Å². The highest BCUT2D eigenvalue weighted by Gasteiger charge is 2.19. The SMILES string of the molecule is CC1=CCCCC1.CCc1cccc2c1-c1ccccc1C2. The summed E-state index contributed by atoms with van der Waals surface area (Å²) in [5, 5.41) is 0. The zero-order valence-corrected chi connectivity index (χ0v) is 13.9. The van der Waals surface area contributed by atoms with Crippen molar-refractivity contribution >= 4 is 0 Å². The minimum atomic E-state index is 1.11. The van der Waals surface area contributed by atoms with Gasteiger partial charge in [-0.05, 0) is 73.3 Å². The van der Waals surface area contributed by atoms with Gasteiger partial charge in [0.05, 0.1) is 0 Å². The second-order valence-electron chi connectivity index (χ2n) is 6.43. The summed E-state index contributed by atoms with van der Waals surface area (Å²) in [7, 11) is 0. The summed E-state index contributed by atoms with van der Waals surface area (Å²) in [4.78, 5) is 0. The summed E-state index contributed by atoms with van der Waals surface area (Å²) in [6, 6.07) is 15.5. The van der Waals surface area contributed by atoms with Crippen molar-refractivity contribution in [2.45, 2.75) is 52.4 Å². The molecular weight excluding hydrogens is 264 g/mol. The van der Waals surface area contributed by atoms with Gasteiger partial charge in [-0.25, -0.2) is 0 Å². The molecule has 0 saturated carbocycles. The molecule has 0 bridgehead atoms. The highest BCUT2D eigenvalue weighted by molar-refractivity contribution is 5.79. The minimum Gasteiger partial charge on any atom is -0.0856 e. The van der Waals surface area contributed by atoms with E-state index in [2.05, 4.69) is 62.4 Å². The van der Waals surface area contributed by atoms with Crippen molar-refractivity contribution in [1.82, 2.24) is 0 Å². The summed E-state index contributed by atoms with van der Waals surface area (Å²) in [5.41, 5.74) is 8.99. The Hall–Kier alpha value is -1.82. The standard InChI is InChI=1S/C15H14.C7H12/c1-2-11-7-5-8-13-10-12-6-3-4-9-14(12)15(11)13;1-7-5-3-2-4-6-7/h3-9H,2,10H2,1H3;5H,2-4,6H2,1H3. The van der Waals surface area contributed by atoms with Gasteiger partial charge in [-0.15, -0.1) is 0 Å². The van der Waals surface area contributed by atoms with Gasteiger partial charge < -0.3 is 0 Å². The molecule has 0 aliphatic heterocycles. The smallest absolute Gasteiger partial charge is 0.00134 e. The van der Waals surface area contributed by atoms with Crippen LogP contribution in [0.4, 0.5) is 0 Å². The Morgan fingerprint density at radius 1 is 0.909 bits per heavy atom. The van der Waals surface area contributed by atoms with E-state index in [1.807, 2.05) is 0 Å². The Morgan fingerprint density at radius 3 is 2.41 bits per heavy atom. The summed E-state index contributed by atoms with van der Waals surface area (Å²) in [6.07, 6.45) is 10.1. The van der Waals surface area contributed by atoms with E-state index in [0.717, 1.165) is 12.8 Å². The summed E-state index contributed by atoms with van der Waals surface area (Å²) < 4.78 is 0. The number of allylic oxidation sites excluding steroid dienone is 2. The molecule has 0 spiro atoms. The van der Waals surface area contributed by atoms with Crippen LogP contribution in [0.1, 0.15) is 56.2 Å². The van der Waals surface area contributed by atoms with Gasteiger partial charge in [-0.3, -0.25) is 0 Å². The average molecular weight is 290 g/mol. The highest BCUT2D eigenvalue weighted by atomic mass is 14.2. The highest BCUT2D eigenvalue weighted by Crippen LogP contribution is 2.38. The number of rotatable bonds is 1. The molecule has 0 heterocycles. The lowest BCUT2D eigenvalue weighted by molar-refractivity contribution is 0.702. The third kappa shape index (κ3) is 3.16. The maximum Gasteiger partial charge on any atom is -0.00134 e. The molecule has 0 saturated heterocycles. The number of hydrogen-bond donors (Lipinski definition) is 0. The fourth-order valence-corrected chi connectivity index (χ4v) is 3.56. The molecule has 2 aliphatic rings. The Kier molecular flexibility index (Phi) is 4.77. The molecule has 0 N–H and O–H groups in total. The predicted octanol–water partition coefficient (Wildman–Crippen LogP) is 6.33. The Bertz CT molecular complexity index is 676. The number of aryl methyl sites for hydroxylation is 1. The van der Waals surface area contributed by atoms with Crippen molar-refractivity contribution in [2.75, 3.05) is 0 Å².